The highest BCUT2D eigenvalue weighted by molar-refractivity contribution is 5.65. The third kappa shape index (κ3) is 44.6. The van der Waals surface area contributed by atoms with Gasteiger partial charge < -0.3 is 15.3 Å². The normalized spacial score (nSPS) is 6.91. The van der Waals surface area contributed by atoms with Crippen LogP contribution in [-0.2, 0) is 9.53 Å². The molecule has 0 radical (unpaired) electrons. The summed E-state index contributed by atoms with van der Waals surface area (Å²) in [7, 11) is 0. The molecule has 0 saturated heterocycles. The maximum absolute atomic E-state index is 9.98. The molecular formula is C7H18O4. The second-order valence-corrected chi connectivity index (χ2v) is 1.66. The van der Waals surface area contributed by atoms with Crippen molar-refractivity contribution in [1.82, 2.24) is 0 Å². The van der Waals surface area contributed by atoms with Gasteiger partial charge in [0.15, 0.2) is 0 Å². The molecule has 0 rings (SSSR count). The van der Waals surface area contributed by atoms with Crippen molar-refractivity contribution in [1.29, 1.82) is 0 Å². The summed E-state index contributed by atoms with van der Waals surface area (Å²) in [6.45, 7) is 5.86. The number of carbonyl (C=O) groups is 1. The first kappa shape index (κ1) is 16.8. The van der Waals surface area contributed by atoms with E-state index in [1.54, 1.807) is 6.92 Å². The molecule has 0 spiro atoms. The zero-order chi connectivity index (χ0) is 8.41. The Morgan fingerprint density at radius 3 is 1.91 bits per heavy atom. The van der Waals surface area contributed by atoms with E-state index in [9.17, 15) is 4.79 Å². The molecule has 0 aliphatic heterocycles. The van der Waals surface area contributed by atoms with Gasteiger partial charge in [0.2, 0.25) is 0 Å². The van der Waals surface area contributed by atoms with E-state index in [1.807, 2.05) is 6.92 Å². The molecule has 4 heteroatoms. The van der Waals surface area contributed by atoms with Crippen molar-refractivity contribution in [2.75, 3.05) is 13.2 Å². The first-order chi connectivity index (χ1) is 4.68. The lowest BCUT2D eigenvalue weighted by molar-refractivity contribution is -0.140. The van der Waals surface area contributed by atoms with Gasteiger partial charge in [-0.15, -0.1) is 0 Å². The molecule has 0 atom stereocenters. The second kappa shape index (κ2) is 16.2. The summed E-state index contributed by atoms with van der Waals surface area (Å²) >= 11 is 0. The van der Waals surface area contributed by atoms with E-state index in [-0.39, 0.29) is 18.1 Å². The van der Waals surface area contributed by atoms with Crippen LogP contribution in [0.4, 0.5) is 0 Å². The van der Waals surface area contributed by atoms with Gasteiger partial charge in [-0.25, -0.2) is 0 Å². The molecule has 0 amide bonds. The summed E-state index contributed by atoms with van der Waals surface area (Å²) in [5, 5.41) is 7.57. The maximum atomic E-state index is 9.98. The van der Waals surface area contributed by atoms with Crippen LogP contribution in [0.5, 0.6) is 0 Å². The number of ether oxygens (including phenoxy) is 1. The molecule has 11 heavy (non-hydrogen) atoms. The maximum Gasteiger partial charge on any atom is 0.302 e. The Morgan fingerprint density at radius 2 is 1.82 bits per heavy atom. The minimum absolute atomic E-state index is 0. The monoisotopic (exact) mass is 166 g/mol. The first-order valence-electron chi connectivity index (χ1n) is 3.43. The minimum atomic E-state index is -0.193. The van der Waals surface area contributed by atoms with Gasteiger partial charge in [-0.1, -0.05) is 6.92 Å². The van der Waals surface area contributed by atoms with Gasteiger partial charge in [-0.2, -0.15) is 0 Å². The molecule has 3 N–H and O–H groups in total. The van der Waals surface area contributed by atoms with Gasteiger partial charge in [0.25, 0.3) is 0 Å². The summed E-state index contributed by atoms with van der Waals surface area (Å²) in [5.41, 5.74) is 0. The van der Waals surface area contributed by atoms with Crippen LogP contribution >= 0.6 is 0 Å². The molecule has 0 unspecified atom stereocenters. The fourth-order valence-electron chi connectivity index (χ4n) is 0.246. The topological polar surface area (TPSA) is 78.0 Å². The van der Waals surface area contributed by atoms with Gasteiger partial charge in [0, 0.05) is 13.5 Å². The molecule has 0 aromatic carbocycles. The van der Waals surface area contributed by atoms with E-state index < -0.39 is 0 Å². The van der Waals surface area contributed by atoms with E-state index in [4.69, 9.17) is 5.11 Å². The molecule has 0 heterocycles. The summed E-state index contributed by atoms with van der Waals surface area (Å²) in [4.78, 5) is 9.98. The third-order valence-electron chi connectivity index (χ3n) is 0.509. The van der Waals surface area contributed by atoms with Crippen LogP contribution in [0, 0.1) is 0 Å². The van der Waals surface area contributed by atoms with Crippen LogP contribution < -0.4 is 0 Å². The van der Waals surface area contributed by atoms with Crippen LogP contribution in [0.2, 0.25) is 0 Å². The smallest absolute Gasteiger partial charge is 0.302 e. The second-order valence-electron chi connectivity index (χ2n) is 1.66. The fourth-order valence-corrected chi connectivity index (χ4v) is 0.246. The number of hydrogen-bond donors (Lipinski definition) is 1. The predicted molar refractivity (Wildman–Crippen MR) is 43.3 cm³/mol. The number of aliphatic hydroxyl groups is 1. The van der Waals surface area contributed by atoms with E-state index in [0.717, 1.165) is 6.42 Å². The van der Waals surface area contributed by atoms with E-state index in [1.165, 1.54) is 6.92 Å². The highest BCUT2D eigenvalue weighted by atomic mass is 16.5. The number of rotatable bonds is 2. The van der Waals surface area contributed by atoms with Gasteiger partial charge >= 0.3 is 5.97 Å². The average Bonchev–Trinajstić information content (AvgIpc) is 1.85. The van der Waals surface area contributed by atoms with Crippen molar-refractivity contribution in [3.8, 4) is 0 Å². The molecule has 4 nitrogen and oxygen atoms in total. The van der Waals surface area contributed by atoms with Crippen molar-refractivity contribution in [3.63, 3.8) is 0 Å². The zero-order valence-electron chi connectivity index (χ0n) is 7.39. The lowest BCUT2D eigenvalue weighted by Crippen LogP contribution is -1.98. The lowest BCUT2D eigenvalue weighted by atomic mass is 10.5. The molecule has 0 aromatic rings. The van der Waals surface area contributed by atoms with Crippen molar-refractivity contribution in [3.05, 3.63) is 0 Å². The van der Waals surface area contributed by atoms with Gasteiger partial charge in [-0.3, -0.25) is 4.79 Å². The Morgan fingerprint density at radius 1 is 1.45 bits per heavy atom. The number of carbonyl (C=O) groups excluding carboxylic acids is 1. The summed E-state index contributed by atoms with van der Waals surface area (Å²) in [6, 6.07) is 0. The lowest BCUT2D eigenvalue weighted by Gasteiger charge is -1.93. The largest absolute Gasteiger partial charge is 0.466 e. The summed E-state index contributed by atoms with van der Waals surface area (Å²) in [6.07, 6.45) is 0.902. The standard InChI is InChI=1S/C5H10O2.C2H6O.H2O/c1-3-4-7-5(2)6;1-2-3;/h3-4H2,1-2H3;3H,2H2,1H3;1H2. The molecule has 0 saturated carbocycles. The summed E-state index contributed by atoms with van der Waals surface area (Å²) in [5.74, 6) is -0.193. The van der Waals surface area contributed by atoms with Crippen LogP contribution in [0.1, 0.15) is 27.2 Å². The molecule has 0 aliphatic rings. The average molecular weight is 166 g/mol. The summed E-state index contributed by atoms with van der Waals surface area (Å²) < 4.78 is 4.55. The Kier molecular flexibility index (Phi) is 24.7. The van der Waals surface area contributed by atoms with Crippen LogP contribution in [0.25, 0.3) is 0 Å². The van der Waals surface area contributed by atoms with E-state index in [0.29, 0.717) is 6.61 Å². The molecular weight excluding hydrogens is 148 g/mol. The Labute approximate surface area is 67.5 Å². The van der Waals surface area contributed by atoms with Crippen molar-refractivity contribution >= 4 is 5.97 Å². The fraction of sp³-hybridized carbons (Fsp3) is 0.857. The van der Waals surface area contributed by atoms with Crippen LogP contribution in [0.15, 0.2) is 0 Å². The highest BCUT2D eigenvalue weighted by Crippen LogP contribution is 1.78. The molecule has 0 aromatic heterocycles. The third-order valence-corrected chi connectivity index (χ3v) is 0.509. The Bertz CT molecular complexity index is 72.8. The van der Waals surface area contributed by atoms with Gasteiger partial charge in [0.05, 0.1) is 6.61 Å². The molecule has 0 fully saturated rings. The van der Waals surface area contributed by atoms with Crippen LogP contribution in [-0.4, -0.2) is 29.8 Å². The number of aliphatic hydroxyl groups excluding tert-OH is 1. The van der Waals surface area contributed by atoms with E-state index >= 15 is 0 Å². The molecule has 70 valence electrons. The highest BCUT2D eigenvalue weighted by Gasteiger charge is 1.85. The number of hydrogen-bond acceptors (Lipinski definition) is 3. The Balaban J connectivity index is -0.000000140. The zero-order valence-corrected chi connectivity index (χ0v) is 7.39. The van der Waals surface area contributed by atoms with Crippen LogP contribution in [0.3, 0.4) is 0 Å². The van der Waals surface area contributed by atoms with Gasteiger partial charge in [-0.05, 0) is 13.3 Å². The van der Waals surface area contributed by atoms with Crippen molar-refractivity contribution in [2.45, 2.75) is 27.2 Å². The minimum Gasteiger partial charge on any atom is -0.466 e. The quantitative estimate of drug-likeness (QED) is 0.592. The molecule has 0 aliphatic carbocycles. The van der Waals surface area contributed by atoms with Gasteiger partial charge in [0.1, 0.15) is 0 Å². The first-order valence-corrected chi connectivity index (χ1v) is 3.43. The van der Waals surface area contributed by atoms with Crippen molar-refractivity contribution < 1.29 is 20.1 Å². The SMILES string of the molecule is CCCOC(C)=O.CCO.O. The number of esters is 1. The van der Waals surface area contributed by atoms with E-state index in [2.05, 4.69) is 4.74 Å². The predicted octanol–water partition coefficient (Wildman–Crippen LogP) is 0.133. The van der Waals surface area contributed by atoms with Crippen molar-refractivity contribution in [2.24, 2.45) is 0 Å². The Hall–Kier alpha value is -0.610. The molecule has 0 bridgehead atoms.